The van der Waals surface area contributed by atoms with Crippen LogP contribution < -0.4 is 5.32 Å². The minimum Gasteiger partial charge on any atom is -0.324 e. The van der Waals surface area contributed by atoms with Crippen molar-refractivity contribution in [3.05, 3.63) is 34.1 Å². The molecule has 6 nitrogen and oxygen atoms in total. The lowest BCUT2D eigenvalue weighted by Gasteiger charge is -2.33. The fraction of sp³-hybridized carbons (Fsp3) is 0.333. The summed E-state index contributed by atoms with van der Waals surface area (Å²) >= 11 is 0. The van der Waals surface area contributed by atoms with Crippen molar-refractivity contribution >= 4 is 17.3 Å². The van der Waals surface area contributed by atoms with E-state index < -0.39 is 27.8 Å². The highest BCUT2D eigenvalue weighted by molar-refractivity contribution is 5.98. The van der Waals surface area contributed by atoms with E-state index in [1.54, 1.807) is 0 Å². The molecular weight excluding hydrogens is 253 g/mol. The van der Waals surface area contributed by atoms with Crippen molar-refractivity contribution in [2.24, 2.45) is 5.41 Å². The zero-order valence-electron chi connectivity index (χ0n) is 9.85. The Labute approximate surface area is 108 Å². The van der Waals surface area contributed by atoms with Crippen molar-refractivity contribution in [2.45, 2.75) is 19.3 Å². The van der Waals surface area contributed by atoms with Crippen LogP contribution in [0.5, 0.6) is 0 Å². The zero-order valence-corrected chi connectivity index (χ0v) is 9.85. The fourth-order valence-corrected chi connectivity index (χ4v) is 1.92. The number of amides is 1. The third-order valence-electron chi connectivity index (χ3n) is 3.21. The van der Waals surface area contributed by atoms with Gasteiger partial charge in [0.1, 0.15) is 11.2 Å². The Kier molecular flexibility index (Phi) is 3.17. The SMILES string of the molecule is N#CC1(C(=O)Nc2cc(F)cc([N+](=O)[O-])c2)CCC1. The van der Waals surface area contributed by atoms with Crippen molar-refractivity contribution in [3.63, 3.8) is 0 Å². The fourth-order valence-electron chi connectivity index (χ4n) is 1.92. The quantitative estimate of drug-likeness (QED) is 0.668. The lowest BCUT2D eigenvalue weighted by molar-refractivity contribution is -0.385. The van der Waals surface area contributed by atoms with Crippen molar-refractivity contribution < 1.29 is 14.1 Å². The van der Waals surface area contributed by atoms with Crippen LogP contribution in [0.15, 0.2) is 18.2 Å². The molecule has 0 radical (unpaired) electrons. The highest BCUT2D eigenvalue weighted by atomic mass is 19.1. The van der Waals surface area contributed by atoms with E-state index in [0.29, 0.717) is 12.8 Å². The number of carbonyl (C=O) groups excluding carboxylic acids is 1. The van der Waals surface area contributed by atoms with Crippen LogP contribution in [0, 0.1) is 32.7 Å². The van der Waals surface area contributed by atoms with Crippen LogP contribution in [0.3, 0.4) is 0 Å². The van der Waals surface area contributed by atoms with E-state index >= 15 is 0 Å². The van der Waals surface area contributed by atoms with Crippen LogP contribution in [0.1, 0.15) is 19.3 Å². The van der Waals surface area contributed by atoms with Gasteiger partial charge in [-0.3, -0.25) is 14.9 Å². The Morgan fingerprint density at radius 1 is 1.47 bits per heavy atom. The van der Waals surface area contributed by atoms with Gasteiger partial charge in [-0.15, -0.1) is 0 Å². The predicted molar refractivity (Wildman–Crippen MR) is 63.6 cm³/mol. The van der Waals surface area contributed by atoms with E-state index in [-0.39, 0.29) is 5.69 Å². The summed E-state index contributed by atoms with van der Waals surface area (Å²) in [6.45, 7) is 0. The maximum Gasteiger partial charge on any atom is 0.274 e. The first-order valence-electron chi connectivity index (χ1n) is 5.64. The largest absolute Gasteiger partial charge is 0.324 e. The number of benzene rings is 1. The van der Waals surface area contributed by atoms with Gasteiger partial charge in [-0.25, -0.2) is 4.39 Å². The summed E-state index contributed by atoms with van der Waals surface area (Å²) in [4.78, 5) is 21.8. The van der Waals surface area contributed by atoms with Gasteiger partial charge in [-0.2, -0.15) is 5.26 Å². The number of nitrogens with one attached hydrogen (secondary N) is 1. The van der Waals surface area contributed by atoms with Gasteiger partial charge in [0.05, 0.1) is 22.7 Å². The van der Waals surface area contributed by atoms with Crippen LogP contribution >= 0.6 is 0 Å². The monoisotopic (exact) mass is 263 g/mol. The molecule has 1 aliphatic carbocycles. The van der Waals surface area contributed by atoms with Crippen LogP contribution in [-0.2, 0) is 4.79 Å². The molecule has 2 rings (SSSR count). The van der Waals surface area contributed by atoms with Gasteiger partial charge < -0.3 is 5.32 Å². The summed E-state index contributed by atoms with van der Waals surface area (Å²) in [5, 5.41) is 21.9. The second kappa shape index (κ2) is 4.65. The molecule has 0 saturated heterocycles. The Bertz CT molecular complexity index is 590. The molecule has 1 fully saturated rings. The number of anilines is 1. The van der Waals surface area contributed by atoms with Gasteiger partial charge in [0.25, 0.3) is 5.69 Å². The number of non-ortho nitro benzene ring substituents is 1. The second-order valence-electron chi connectivity index (χ2n) is 4.46. The molecular formula is C12H10FN3O3. The van der Waals surface area contributed by atoms with Crippen LogP contribution in [-0.4, -0.2) is 10.8 Å². The number of rotatable bonds is 3. The molecule has 0 atom stereocenters. The number of nitro benzene ring substituents is 1. The summed E-state index contributed by atoms with van der Waals surface area (Å²) < 4.78 is 13.2. The zero-order chi connectivity index (χ0) is 14.0. The molecule has 0 aromatic heterocycles. The second-order valence-corrected chi connectivity index (χ2v) is 4.46. The van der Waals surface area contributed by atoms with Crippen molar-refractivity contribution in [1.82, 2.24) is 0 Å². The summed E-state index contributed by atoms with van der Waals surface area (Å²) in [6, 6.07) is 4.75. The van der Waals surface area contributed by atoms with Crippen LogP contribution in [0.4, 0.5) is 15.8 Å². The molecule has 98 valence electrons. The molecule has 1 saturated carbocycles. The van der Waals surface area contributed by atoms with E-state index in [1.807, 2.05) is 6.07 Å². The Morgan fingerprint density at radius 3 is 2.63 bits per heavy atom. The van der Waals surface area contributed by atoms with Gasteiger partial charge in [0.15, 0.2) is 0 Å². The molecule has 1 aromatic rings. The number of carbonyl (C=O) groups is 1. The Hall–Kier alpha value is -2.49. The molecule has 1 amide bonds. The number of hydrogen-bond donors (Lipinski definition) is 1. The number of nitro groups is 1. The maximum atomic E-state index is 13.2. The molecule has 0 heterocycles. The van der Waals surface area contributed by atoms with Gasteiger partial charge in [-0.05, 0) is 25.3 Å². The third kappa shape index (κ3) is 2.38. The van der Waals surface area contributed by atoms with Crippen LogP contribution in [0.25, 0.3) is 0 Å². The number of hydrogen-bond acceptors (Lipinski definition) is 4. The summed E-state index contributed by atoms with van der Waals surface area (Å²) in [6.07, 6.45) is 1.68. The van der Waals surface area contributed by atoms with Crippen molar-refractivity contribution in [3.8, 4) is 6.07 Å². The van der Waals surface area contributed by atoms with E-state index in [9.17, 15) is 19.3 Å². The van der Waals surface area contributed by atoms with Gasteiger partial charge in [0, 0.05) is 6.07 Å². The first kappa shape index (κ1) is 13.0. The topological polar surface area (TPSA) is 96.0 Å². The first-order chi connectivity index (χ1) is 8.97. The summed E-state index contributed by atoms with van der Waals surface area (Å²) in [7, 11) is 0. The summed E-state index contributed by atoms with van der Waals surface area (Å²) in [5.41, 5.74) is -1.55. The predicted octanol–water partition coefficient (Wildman–Crippen LogP) is 2.37. The van der Waals surface area contributed by atoms with E-state index in [4.69, 9.17) is 5.26 Å². The normalized spacial score (nSPS) is 16.0. The van der Waals surface area contributed by atoms with E-state index in [1.165, 1.54) is 0 Å². The molecule has 7 heteroatoms. The number of halogens is 1. The highest BCUT2D eigenvalue weighted by Crippen LogP contribution is 2.41. The van der Waals surface area contributed by atoms with Crippen LogP contribution in [0.2, 0.25) is 0 Å². The molecule has 1 aliphatic rings. The van der Waals surface area contributed by atoms with Crippen molar-refractivity contribution in [1.29, 1.82) is 5.26 Å². The lowest BCUT2D eigenvalue weighted by atomic mass is 9.69. The van der Waals surface area contributed by atoms with Gasteiger partial charge in [0.2, 0.25) is 5.91 Å². The first-order valence-corrected chi connectivity index (χ1v) is 5.64. The molecule has 1 aromatic carbocycles. The third-order valence-corrected chi connectivity index (χ3v) is 3.21. The lowest BCUT2D eigenvalue weighted by Crippen LogP contribution is -2.40. The van der Waals surface area contributed by atoms with Gasteiger partial charge >= 0.3 is 0 Å². The smallest absolute Gasteiger partial charge is 0.274 e. The standard InChI is InChI=1S/C12H10FN3O3/c13-8-4-9(6-10(5-8)16(18)19)15-11(17)12(7-14)2-1-3-12/h4-6H,1-3H2,(H,15,17). The molecule has 19 heavy (non-hydrogen) atoms. The Balaban J connectivity index is 2.22. The molecule has 1 N–H and O–H groups in total. The molecule has 0 unspecified atom stereocenters. The summed E-state index contributed by atoms with van der Waals surface area (Å²) in [5.74, 6) is -1.36. The molecule has 0 aliphatic heterocycles. The molecule has 0 spiro atoms. The minimum atomic E-state index is -1.08. The van der Waals surface area contributed by atoms with Crippen molar-refractivity contribution in [2.75, 3.05) is 5.32 Å². The minimum absolute atomic E-state index is 0.0155. The Morgan fingerprint density at radius 2 is 2.16 bits per heavy atom. The maximum absolute atomic E-state index is 13.2. The highest BCUT2D eigenvalue weighted by Gasteiger charge is 2.44. The average molecular weight is 263 g/mol. The average Bonchev–Trinajstić information content (AvgIpc) is 2.27. The van der Waals surface area contributed by atoms with E-state index in [2.05, 4.69) is 5.32 Å². The van der Waals surface area contributed by atoms with Gasteiger partial charge in [-0.1, -0.05) is 0 Å². The molecule has 0 bridgehead atoms. The number of nitrogens with zero attached hydrogens (tertiary/aromatic N) is 2. The van der Waals surface area contributed by atoms with E-state index in [0.717, 1.165) is 24.6 Å². The number of nitriles is 1.